The standard InChI is InChI=1S/C15H30N4O/c1-15(2,19-10-7-16-8-11-19)14(20)18(4)12-13-6-5-9-17(13)3/h13,16H,5-12H2,1-4H3. The van der Waals surface area contributed by atoms with Gasteiger partial charge in [-0.1, -0.05) is 0 Å². The van der Waals surface area contributed by atoms with E-state index in [2.05, 4.69) is 36.0 Å². The van der Waals surface area contributed by atoms with Crippen molar-refractivity contribution in [2.75, 3.05) is 53.4 Å². The van der Waals surface area contributed by atoms with Gasteiger partial charge in [0.05, 0.1) is 5.54 Å². The Morgan fingerprint density at radius 1 is 1.30 bits per heavy atom. The molecule has 0 aromatic heterocycles. The highest BCUT2D eigenvalue weighted by Crippen LogP contribution is 2.20. The van der Waals surface area contributed by atoms with Crippen molar-refractivity contribution in [1.82, 2.24) is 20.0 Å². The fraction of sp³-hybridized carbons (Fsp3) is 0.933. The Kier molecular flexibility index (Phi) is 5.04. The van der Waals surface area contributed by atoms with Crippen molar-refractivity contribution in [3.05, 3.63) is 0 Å². The number of carbonyl (C=O) groups is 1. The van der Waals surface area contributed by atoms with E-state index in [9.17, 15) is 4.79 Å². The van der Waals surface area contributed by atoms with E-state index in [1.807, 2.05) is 11.9 Å². The molecule has 20 heavy (non-hydrogen) atoms. The zero-order valence-electron chi connectivity index (χ0n) is 13.5. The summed E-state index contributed by atoms with van der Waals surface area (Å²) in [6, 6.07) is 0.530. The fourth-order valence-electron chi connectivity index (χ4n) is 3.44. The van der Waals surface area contributed by atoms with E-state index in [-0.39, 0.29) is 5.91 Å². The first-order valence-electron chi connectivity index (χ1n) is 7.84. The number of nitrogens with zero attached hydrogens (tertiary/aromatic N) is 3. The summed E-state index contributed by atoms with van der Waals surface area (Å²) >= 11 is 0. The van der Waals surface area contributed by atoms with Gasteiger partial charge in [0.15, 0.2) is 0 Å². The van der Waals surface area contributed by atoms with E-state index in [1.165, 1.54) is 12.8 Å². The van der Waals surface area contributed by atoms with E-state index in [1.54, 1.807) is 0 Å². The summed E-state index contributed by atoms with van der Waals surface area (Å²) in [5, 5.41) is 3.35. The minimum absolute atomic E-state index is 0.250. The van der Waals surface area contributed by atoms with Gasteiger partial charge in [-0.25, -0.2) is 0 Å². The number of likely N-dealkylation sites (N-methyl/N-ethyl adjacent to an activating group) is 2. The van der Waals surface area contributed by atoms with Gasteiger partial charge in [-0.05, 0) is 40.3 Å². The number of amides is 1. The van der Waals surface area contributed by atoms with Crippen LogP contribution in [0.25, 0.3) is 0 Å². The fourth-order valence-corrected chi connectivity index (χ4v) is 3.44. The van der Waals surface area contributed by atoms with Crippen LogP contribution in [0.5, 0.6) is 0 Å². The molecule has 0 bridgehead atoms. The third-order valence-corrected chi connectivity index (χ3v) is 4.93. The summed E-state index contributed by atoms with van der Waals surface area (Å²) in [7, 11) is 4.12. The molecule has 2 saturated heterocycles. The number of hydrogen-bond acceptors (Lipinski definition) is 4. The minimum atomic E-state index is -0.395. The lowest BCUT2D eigenvalue weighted by Gasteiger charge is -2.42. The average molecular weight is 282 g/mol. The lowest BCUT2D eigenvalue weighted by Crippen LogP contribution is -2.60. The van der Waals surface area contributed by atoms with Crippen molar-refractivity contribution in [3.63, 3.8) is 0 Å². The highest BCUT2D eigenvalue weighted by molar-refractivity contribution is 5.85. The van der Waals surface area contributed by atoms with Gasteiger partial charge in [0.2, 0.25) is 5.91 Å². The summed E-state index contributed by atoms with van der Waals surface area (Å²) in [4.78, 5) is 19.4. The normalized spacial score (nSPS) is 25.9. The van der Waals surface area contributed by atoms with Crippen molar-refractivity contribution >= 4 is 5.91 Å². The molecule has 2 aliphatic heterocycles. The maximum Gasteiger partial charge on any atom is 0.242 e. The SMILES string of the molecule is CN(CC1CCCN1C)C(=O)C(C)(C)N1CCNCC1. The van der Waals surface area contributed by atoms with Crippen molar-refractivity contribution in [2.45, 2.75) is 38.3 Å². The second kappa shape index (κ2) is 6.41. The second-order valence-electron chi connectivity index (χ2n) is 6.76. The number of hydrogen-bond donors (Lipinski definition) is 1. The zero-order valence-corrected chi connectivity index (χ0v) is 13.5. The summed E-state index contributed by atoms with van der Waals surface area (Å²) in [5.74, 6) is 0.250. The lowest BCUT2D eigenvalue weighted by molar-refractivity contribution is -0.142. The number of nitrogens with one attached hydrogen (secondary N) is 1. The van der Waals surface area contributed by atoms with Crippen LogP contribution in [0.4, 0.5) is 0 Å². The Bertz CT molecular complexity index is 339. The molecule has 1 amide bonds. The highest BCUT2D eigenvalue weighted by Gasteiger charge is 2.38. The van der Waals surface area contributed by atoms with Gasteiger partial charge in [0.25, 0.3) is 0 Å². The first-order chi connectivity index (χ1) is 9.43. The van der Waals surface area contributed by atoms with Crippen LogP contribution in [-0.4, -0.2) is 85.6 Å². The summed E-state index contributed by atoms with van der Waals surface area (Å²) in [5.41, 5.74) is -0.395. The predicted octanol–water partition coefficient (Wildman–Crippen LogP) is 0.223. The Morgan fingerprint density at radius 3 is 2.50 bits per heavy atom. The molecule has 1 unspecified atom stereocenters. The number of piperazine rings is 1. The minimum Gasteiger partial charge on any atom is -0.343 e. The largest absolute Gasteiger partial charge is 0.343 e. The molecule has 2 aliphatic rings. The first kappa shape index (κ1) is 15.7. The van der Waals surface area contributed by atoms with Gasteiger partial charge in [-0.2, -0.15) is 0 Å². The van der Waals surface area contributed by atoms with E-state index < -0.39 is 5.54 Å². The molecule has 0 radical (unpaired) electrons. The Labute approximate surface area is 123 Å². The van der Waals surface area contributed by atoms with E-state index in [0.717, 1.165) is 39.3 Å². The van der Waals surface area contributed by atoms with Crippen molar-refractivity contribution in [3.8, 4) is 0 Å². The van der Waals surface area contributed by atoms with Crippen LogP contribution in [-0.2, 0) is 4.79 Å². The number of carbonyl (C=O) groups excluding carboxylic acids is 1. The van der Waals surface area contributed by atoms with Crippen LogP contribution in [0.15, 0.2) is 0 Å². The Balaban J connectivity index is 1.93. The molecule has 0 aromatic rings. The summed E-state index contributed by atoms with van der Waals surface area (Å²) in [6.45, 7) is 10.0. The number of rotatable bonds is 4. The molecule has 2 rings (SSSR count). The molecule has 2 heterocycles. The third kappa shape index (κ3) is 3.32. The maximum atomic E-state index is 12.8. The highest BCUT2D eigenvalue weighted by atomic mass is 16.2. The molecule has 5 heteroatoms. The Hall–Kier alpha value is -0.650. The Morgan fingerprint density at radius 2 is 1.95 bits per heavy atom. The van der Waals surface area contributed by atoms with Gasteiger partial charge in [-0.3, -0.25) is 9.69 Å². The van der Waals surface area contributed by atoms with Crippen molar-refractivity contribution in [1.29, 1.82) is 0 Å². The predicted molar refractivity (Wildman–Crippen MR) is 81.8 cm³/mol. The third-order valence-electron chi connectivity index (χ3n) is 4.93. The quantitative estimate of drug-likeness (QED) is 0.801. The smallest absolute Gasteiger partial charge is 0.242 e. The molecule has 0 spiro atoms. The van der Waals surface area contributed by atoms with Crippen molar-refractivity contribution in [2.24, 2.45) is 0 Å². The van der Waals surface area contributed by atoms with E-state index in [0.29, 0.717) is 6.04 Å². The van der Waals surface area contributed by atoms with E-state index >= 15 is 0 Å². The van der Waals surface area contributed by atoms with Crippen molar-refractivity contribution < 1.29 is 4.79 Å². The van der Waals surface area contributed by atoms with Crippen LogP contribution < -0.4 is 5.32 Å². The topological polar surface area (TPSA) is 38.8 Å². The first-order valence-corrected chi connectivity index (χ1v) is 7.84. The maximum absolute atomic E-state index is 12.8. The van der Waals surface area contributed by atoms with Gasteiger partial charge >= 0.3 is 0 Å². The van der Waals surface area contributed by atoms with Crippen LogP contribution in [0.2, 0.25) is 0 Å². The second-order valence-corrected chi connectivity index (χ2v) is 6.76. The molecule has 1 N–H and O–H groups in total. The van der Waals surface area contributed by atoms with Crippen LogP contribution in [0, 0.1) is 0 Å². The zero-order chi connectivity index (χ0) is 14.8. The average Bonchev–Trinajstić information content (AvgIpc) is 2.84. The number of likely N-dealkylation sites (tertiary alicyclic amines) is 1. The molecular weight excluding hydrogens is 252 g/mol. The van der Waals surface area contributed by atoms with Gasteiger partial charge < -0.3 is 15.1 Å². The van der Waals surface area contributed by atoms with Crippen LogP contribution in [0.3, 0.4) is 0 Å². The van der Waals surface area contributed by atoms with Crippen LogP contribution >= 0.6 is 0 Å². The molecule has 0 aromatic carbocycles. The molecular formula is C15H30N4O. The molecule has 0 saturated carbocycles. The van der Waals surface area contributed by atoms with Crippen LogP contribution in [0.1, 0.15) is 26.7 Å². The molecule has 0 aliphatic carbocycles. The molecule has 1 atom stereocenters. The molecule has 116 valence electrons. The van der Waals surface area contributed by atoms with Gasteiger partial charge in [0, 0.05) is 45.8 Å². The summed E-state index contributed by atoms with van der Waals surface area (Å²) < 4.78 is 0. The van der Waals surface area contributed by atoms with Gasteiger partial charge in [-0.15, -0.1) is 0 Å². The monoisotopic (exact) mass is 282 g/mol. The molecule has 2 fully saturated rings. The molecule has 5 nitrogen and oxygen atoms in total. The van der Waals surface area contributed by atoms with Gasteiger partial charge in [0.1, 0.15) is 0 Å². The summed E-state index contributed by atoms with van der Waals surface area (Å²) in [6.07, 6.45) is 2.46. The van der Waals surface area contributed by atoms with E-state index in [4.69, 9.17) is 0 Å². The lowest BCUT2D eigenvalue weighted by atomic mass is 9.99.